The minimum Gasteiger partial charge on any atom is -0.508 e. The zero-order valence-corrected chi connectivity index (χ0v) is 17.4. The van der Waals surface area contributed by atoms with Crippen molar-refractivity contribution in [3.05, 3.63) is 70.9 Å². The van der Waals surface area contributed by atoms with Gasteiger partial charge in [0.2, 0.25) is 0 Å². The topological polar surface area (TPSA) is 58.4 Å². The highest BCUT2D eigenvalue weighted by atomic mass is 19.1. The Kier molecular flexibility index (Phi) is 4.39. The summed E-state index contributed by atoms with van der Waals surface area (Å²) in [5.41, 5.74) is 3.65. The predicted molar refractivity (Wildman–Crippen MR) is 112 cm³/mol. The minimum absolute atomic E-state index is 0.0304. The number of halogens is 2. The zero-order valence-electron chi connectivity index (χ0n) is 17.4. The van der Waals surface area contributed by atoms with Crippen LogP contribution in [0.3, 0.4) is 0 Å². The number of amides is 1. The standard InChI is InChI=1S/C24H23F2N3O2/c1-14-7-16(25)3-5-19(14)22-8-15(2)27-29(22)17-10-24(11-17)12-28(13-24)23(31)20-9-18(30)4-6-21(20)26/h3-9,17,30H,10-13H2,1-2H3. The molecule has 31 heavy (non-hydrogen) atoms. The maximum atomic E-state index is 14.0. The Morgan fingerprint density at radius 2 is 1.84 bits per heavy atom. The molecule has 5 nitrogen and oxygen atoms in total. The lowest BCUT2D eigenvalue weighted by Crippen LogP contribution is -2.64. The molecule has 5 rings (SSSR count). The fourth-order valence-electron chi connectivity index (χ4n) is 5.04. The Balaban J connectivity index is 1.29. The van der Waals surface area contributed by atoms with E-state index in [9.17, 15) is 18.7 Å². The minimum atomic E-state index is -0.624. The van der Waals surface area contributed by atoms with Crippen LogP contribution in [0.25, 0.3) is 11.3 Å². The first-order chi connectivity index (χ1) is 14.7. The fraction of sp³-hybridized carbons (Fsp3) is 0.333. The first-order valence-corrected chi connectivity index (χ1v) is 10.4. The molecule has 160 valence electrons. The number of likely N-dealkylation sites (tertiary alicyclic amines) is 1. The Hall–Kier alpha value is -3.22. The number of aryl methyl sites for hydroxylation is 2. The predicted octanol–water partition coefficient (Wildman–Crippen LogP) is 4.63. The number of hydrogen-bond acceptors (Lipinski definition) is 3. The van der Waals surface area contributed by atoms with Crippen molar-refractivity contribution in [3.8, 4) is 17.0 Å². The van der Waals surface area contributed by atoms with Crippen molar-refractivity contribution in [1.82, 2.24) is 14.7 Å². The first kappa shape index (κ1) is 19.7. The van der Waals surface area contributed by atoms with Crippen molar-refractivity contribution in [2.24, 2.45) is 5.41 Å². The van der Waals surface area contributed by atoms with Crippen molar-refractivity contribution >= 4 is 5.91 Å². The number of phenols is 1. The molecule has 7 heteroatoms. The lowest BCUT2D eigenvalue weighted by Gasteiger charge is -2.59. The molecule has 1 aliphatic carbocycles. The van der Waals surface area contributed by atoms with Crippen LogP contribution in [0, 0.1) is 30.9 Å². The molecule has 0 unspecified atom stereocenters. The molecule has 1 aromatic heterocycles. The number of nitrogens with zero attached hydrogens (tertiary/aromatic N) is 3. The summed E-state index contributed by atoms with van der Waals surface area (Å²) in [6, 6.07) is 10.5. The number of aromatic hydroxyl groups is 1. The molecular weight excluding hydrogens is 400 g/mol. The van der Waals surface area contributed by atoms with E-state index in [1.54, 1.807) is 11.0 Å². The van der Waals surface area contributed by atoms with E-state index in [-0.39, 0.29) is 34.5 Å². The van der Waals surface area contributed by atoms with Gasteiger partial charge in [0.15, 0.2) is 0 Å². The number of hydrogen-bond donors (Lipinski definition) is 1. The van der Waals surface area contributed by atoms with Gasteiger partial charge in [0.25, 0.3) is 5.91 Å². The van der Waals surface area contributed by atoms with E-state index in [1.165, 1.54) is 24.3 Å². The van der Waals surface area contributed by atoms with Crippen LogP contribution in [-0.2, 0) is 0 Å². The Morgan fingerprint density at radius 1 is 1.10 bits per heavy atom. The summed E-state index contributed by atoms with van der Waals surface area (Å²) in [5.74, 6) is -1.39. The highest BCUT2D eigenvalue weighted by molar-refractivity contribution is 5.95. The average molecular weight is 423 g/mol. The molecule has 1 saturated carbocycles. The van der Waals surface area contributed by atoms with Gasteiger partial charge in [-0.3, -0.25) is 9.48 Å². The first-order valence-electron chi connectivity index (χ1n) is 10.4. The summed E-state index contributed by atoms with van der Waals surface area (Å²) in [6.07, 6.45) is 1.77. The lowest BCUT2D eigenvalue weighted by atomic mass is 9.60. The van der Waals surface area contributed by atoms with Crippen molar-refractivity contribution < 1.29 is 18.7 Å². The normalized spacial score (nSPS) is 17.5. The van der Waals surface area contributed by atoms with Gasteiger partial charge in [-0.15, -0.1) is 0 Å². The van der Waals surface area contributed by atoms with Gasteiger partial charge >= 0.3 is 0 Å². The van der Waals surface area contributed by atoms with Crippen molar-refractivity contribution in [1.29, 1.82) is 0 Å². The molecule has 1 aliphatic heterocycles. The van der Waals surface area contributed by atoms with E-state index in [0.717, 1.165) is 41.4 Å². The maximum absolute atomic E-state index is 14.0. The quantitative estimate of drug-likeness (QED) is 0.668. The van der Waals surface area contributed by atoms with E-state index in [2.05, 4.69) is 5.10 Å². The SMILES string of the molecule is Cc1cc(-c2ccc(F)cc2C)n(C2CC3(C2)CN(C(=O)c2cc(O)ccc2F)C3)n1. The molecule has 1 N–H and O–H groups in total. The average Bonchev–Trinajstić information content (AvgIpc) is 3.02. The van der Waals surface area contributed by atoms with E-state index >= 15 is 0 Å². The molecule has 0 radical (unpaired) electrons. The molecule has 2 aromatic carbocycles. The molecule has 1 spiro atoms. The number of benzene rings is 2. The molecular formula is C24H23F2N3O2. The van der Waals surface area contributed by atoms with Crippen LogP contribution in [-0.4, -0.2) is 38.8 Å². The number of phenolic OH excluding ortho intramolecular Hbond substituents is 1. The Morgan fingerprint density at radius 3 is 2.55 bits per heavy atom. The van der Waals surface area contributed by atoms with Crippen LogP contribution in [0.4, 0.5) is 8.78 Å². The zero-order chi connectivity index (χ0) is 21.9. The second-order valence-corrected chi connectivity index (χ2v) is 8.96. The van der Waals surface area contributed by atoms with Crippen LogP contribution < -0.4 is 0 Å². The molecule has 0 bridgehead atoms. The maximum Gasteiger partial charge on any atom is 0.257 e. The number of carbonyl (C=O) groups excluding carboxylic acids is 1. The van der Waals surface area contributed by atoms with Crippen LogP contribution in [0.15, 0.2) is 42.5 Å². The molecule has 2 heterocycles. The van der Waals surface area contributed by atoms with Crippen LogP contribution >= 0.6 is 0 Å². The van der Waals surface area contributed by atoms with Gasteiger partial charge in [0, 0.05) is 24.1 Å². The van der Waals surface area contributed by atoms with Gasteiger partial charge < -0.3 is 10.0 Å². The smallest absolute Gasteiger partial charge is 0.257 e. The molecule has 2 aliphatic rings. The molecule has 0 atom stereocenters. The monoisotopic (exact) mass is 423 g/mol. The fourth-order valence-corrected chi connectivity index (χ4v) is 5.04. The largest absolute Gasteiger partial charge is 0.508 e. The Labute approximate surface area is 178 Å². The van der Waals surface area contributed by atoms with E-state index < -0.39 is 5.82 Å². The van der Waals surface area contributed by atoms with Gasteiger partial charge in [-0.25, -0.2) is 8.78 Å². The van der Waals surface area contributed by atoms with Crippen molar-refractivity contribution in [2.45, 2.75) is 32.7 Å². The summed E-state index contributed by atoms with van der Waals surface area (Å²) < 4.78 is 29.6. The van der Waals surface area contributed by atoms with Gasteiger partial charge in [-0.05, 0) is 74.7 Å². The van der Waals surface area contributed by atoms with E-state index in [0.29, 0.717) is 13.1 Å². The van der Waals surface area contributed by atoms with Gasteiger partial charge in [0.1, 0.15) is 17.4 Å². The molecule has 1 saturated heterocycles. The number of aromatic nitrogens is 2. The highest BCUT2D eigenvalue weighted by Crippen LogP contribution is 2.55. The summed E-state index contributed by atoms with van der Waals surface area (Å²) in [4.78, 5) is 14.2. The lowest BCUT2D eigenvalue weighted by molar-refractivity contribution is -0.0736. The summed E-state index contributed by atoms with van der Waals surface area (Å²) >= 11 is 0. The third-order valence-corrected chi connectivity index (χ3v) is 6.53. The second-order valence-electron chi connectivity index (χ2n) is 8.96. The van der Waals surface area contributed by atoms with Crippen LogP contribution in [0.5, 0.6) is 5.75 Å². The molecule has 3 aromatic rings. The van der Waals surface area contributed by atoms with Gasteiger partial charge in [-0.2, -0.15) is 5.10 Å². The van der Waals surface area contributed by atoms with E-state index in [4.69, 9.17) is 0 Å². The van der Waals surface area contributed by atoms with E-state index in [1.807, 2.05) is 24.6 Å². The van der Waals surface area contributed by atoms with Gasteiger partial charge in [-0.1, -0.05) is 0 Å². The Bertz CT molecular complexity index is 1190. The number of rotatable bonds is 3. The third-order valence-electron chi connectivity index (χ3n) is 6.53. The molecule has 2 fully saturated rings. The summed E-state index contributed by atoms with van der Waals surface area (Å²) in [6.45, 7) is 4.98. The van der Waals surface area contributed by atoms with Crippen LogP contribution in [0.1, 0.15) is 40.5 Å². The third kappa shape index (κ3) is 3.28. The highest BCUT2D eigenvalue weighted by Gasteiger charge is 2.55. The van der Waals surface area contributed by atoms with Gasteiger partial charge in [0.05, 0.1) is 23.0 Å². The van der Waals surface area contributed by atoms with Crippen molar-refractivity contribution in [3.63, 3.8) is 0 Å². The summed E-state index contributed by atoms with van der Waals surface area (Å²) in [7, 11) is 0. The second kappa shape index (κ2) is 6.90. The molecule has 1 amide bonds. The van der Waals surface area contributed by atoms with Crippen molar-refractivity contribution in [2.75, 3.05) is 13.1 Å². The van der Waals surface area contributed by atoms with Crippen LogP contribution in [0.2, 0.25) is 0 Å². The number of carbonyl (C=O) groups is 1. The summed E-state index contributed by atoms with van der Waals surface area (Å²) in [5, 5.41) is 14.3.